The molecule has 0 aromatic rings. The molecule has 0 aromatic heterocycles. The Morgan fingerprint density at radius 3 is 2.87 bits per heavy atom. The summed E-state index contributed by atoms with van der Waals surface area (Å²) in [4.78, 5) is 22.6. The van der Waals surface area contributed by atoms with Crippen molar-refractivity contribution in [2.75, 3.05) is 0 Å². The van der Waals surface area contributed by atoms with Crippen molar-refractivity contribution in [1.29, 1.82) is 0 Å². The number of Topliss-reactive ketones (excluding diaryl/α,β-unsaturated/α-hetero) is 1. The van der Waals surface area contributed by atoms with Crippen LogP contribution >= 0.6 is 0 Å². The largest absolute Gasteiger partial charge is 0.451 e. The Labute approximate surface area is 89.5 Å². The Hall–Kier alpha value is -1.12. The smallest absolute Gasteiger partial charge is 0.331 e. The van der Waals surface area contributed by atoms with Gasteiger partial charge in [0.2, 0.25) is 0 Å². The van der Waals surface area contributed by atoms with Crippen molar-refractivity contribution in [2.24, 2.45) is 5.92 Å². The molecule has 2 rings (SSSR count). The first-order chi connectivity index (χ1) is 7.16. The van der Waals surface area contributed by atoms with E-state index in [2.05, 4.69) is 0 Å². The third-order valence-corrected chi connectivity index (χ3v) is 3.52. The fourth-order valence-electron chi connectivity index (χ4n) is 2.60. The molecule has 2 atom stereocenters. The highest BCUT2D eigenvalue weighted by Crippen LogP contribution is 2.39. The SMILES string of the molecule is CC[C@@]1([C@@H]2CCCC(=O)C2)C=CC(=O)O1. The summed E-state index contributed by atoms with van der Waals surface area (Å²) < 4.78 is 5.38. The number of carbonyl (C=O) groups excluding carboxylic acids is 2. The van der Waals surface area contributed by atoms with E-state index in [1.54, 1.807) is 0 Å². The lowest BCUT2D eigenvalue weighted by atomic mass is 9.75. The summed E-state index contributed by atoms with van der Waals surface area (Å²) in [6, 6.07) is 0. The van der Waals surface area contributed by atoms with E-state index >= 15 is 0 Å². The number of carbonyl (C=O) groups is 2. The van der Waals surface area contributed by atoms with Gasteiger partial charge in [0.1, 0.15) is 11.4 Å². The van der Waals surface area contributed by atoms with Gasteiger partial charge >= 0.3 is 5.97 Å². The van der Waals surface area contributed by atoms with Crippen LogP contribution in [0.1, 0.15) is 39.0 Å². The molecule has 82 valence electrons. The minimum absolute atomic E-state index is 0.187. The molecule has 1 fully saturated rings. The first-order valence-electron chi connectivity index (χ1n) is 5.60. The second-order valence-electron chi connectivity index (χ2n) is 4.39. The molecule has 1 aliphatic heterocycles. The van der Waals surface area contributed by atoms with Gasteiger partial charge in [-0.3, -0.25) is 4.79 Å². The van der Waals surface area contributed by atoms with E-state index in [9.17, 15) is 9.59 Å². The monoisotopic (exact) mass is 208 g/mol. The summed E-state index contributed by atoms with van der Waals surface area (Å²) in [6.45, 7) is 2.00. The lowest BCUT2D eigenvalue weighted by Gasteiger charge is -2.36. The van der Waals surface area contributed by atoms with Crippen molar-refractivity contribution in [2.45, 2.75) is 44.6 Å². The fourth-order valence-corrected chi connectivity index (χ4v) is 2.60. The molecule has 0 spiro atoms. The average Bonchev–Trinajstić information content (AvgIpc) is 2.61. The van der Waals surface area contributed by atoms with Crippen LogP contribution in [0, 0.1) is 5.92 Å². The Kier molecular flexibility index (Phi) is 2.63. The molecule has 0 bridgehead atoms. The number of ketones is 1. The zero-order valence-corrected chi connectivity index (χ0v) is 8.99. The topological polar surface area (TPSA) is 43.4 Å². The van der Waals surface area contributed by atoms with E-state index in [0.29, 0.717) is 18.6 Å². The van der Waals surface area contributed by atoms with Crippen LogP contribution < -0.4 is 0 Å². The van der Waals surface area contributed by atoms with Gasteiger partial charge in [-0.25, -0.2) is 4.79 Å². The van der Waals surface area contributed by atoms with Crippen LogP contribution in [-0.2, 0) is 14.3 Å². The summed E-state index contributed by atoms with van der Waals surface area (Å²) in [5, 5.41) is 0. The van der Waals surface area contributed by atoms with Crippen LogP contribution in [-0.4, -0.2) is 17.4 Å². The Balaban J connectivity index is 2.16. The molecule has 1 saturated carbocycles. The lowest BCUT2D eigenvalue weighted by molar-refractivity contribution is -0.152. The highest BCUT2D eigenvalue weighted by Gasteiger charge is 2.43. The maximum Gasteiger partial charge on any atom is 0.331 e. The number of cyclic esters (lactones) is 1. The molecule has 0 N–H and O–H groups in total. The van der Waals surface area contributed by atoms with E-state index < -0.39 is 5.60 Å². The third-order valence-electron chi connectivity index (χ3n) is 3.52. The van der Waals surface area contributed by atoms with Crippen LogP contribution in [0.15, 0.2) is 12.2 Å². The molecule has 1 heterocycles. The summed E-state index contributed by atoms with van der Waals surface area (Å²) in [5.41, 5.74) is -0.493. The van der Waals surface area contributed by atoms with Crippen molar-refractivity contribution in [3.63, 3.8) is 0 Å². The minimum Gasteiger partial charge on any atom is -0.451 e. The van der Waals surface area contributed by atoms with Crippen LogP contribution in [0.4, 0.5) is 0 Å². The van der Waals surface area contributed by atoms with Gasteiger partial charge in [-0.1, -0.05) is 6.92 Å². The molecule has 15 heavy (non-hydrogen) atoms. The summed E-state index contributed by atoms with van der Waals surface area (Å²) in [6.07, 6.45) is 7.25. The first-order valence-corrected chi connectivity index (χ1v) is 5.60. The van der Waals surface area contributed by atoms with Gasteiger partial charge in [-0.2, -0.15) is 0 Å². The Bertz CT molecular complexity index is 319. The van der Waals surface area contributed by atoms with E-state index in [4.69, 9.17) is 4.74 Å². The third kappa shape index (κ3) is 1.83. The average molecular weight is 208 g/mol. The molecule has 0 saturated heterocycles. The van der Waals surface area contributed by atoms with Crippen molar-refractivity contribution < 1.29 is 14.3 Å². The number of ether oxygens (including phenoxy) is 1. The van der Waals surface area contributed by atoms with Crippen molar-refractivity contribution in [1.82, 2.24) is 0 Å². The predicted octanol–water partition coefficient (Wildman–Crippen LogP) is 2.01. The highest BCUT2D eigenvalue weighted by atomic mass is 16.6. The van der Waals surface area contributed by atoms with E-state index in [-0.39, 0.29) is 11.9 Å². The van der Waals surface area contributed by atoms with Crippen molar-refractivity contribution in [3.05, 3.63) is 12.2 Å². The van der Waals surface area contributed by atoms with Gasteiger partial charge in [0.05, 0.1) is 0 Å². The molecular formula is C12H16O3. The van der Waals surface area contributed by atoms with Crippen molar-refractivity contribution >= 4 is 11.8 Å². The molecule has 1 aliphatic carbocycles. The number of hydrogen-bond donors (Lipinski definition) is 0. The zero-order chi connectivity index (χ0) is 10.9. The van der Waals surface area contributed by atoms with Gasteiger partial charge in [-0.15, -0.1) is 0 Å². The molecule has 3 nitrogen and oxygen atoms in total. The number of hydrogen-bond acceptors (Lipinski definition) is 3. The van der Waals surface area contributed by atoms with Gasteiger partial charge in [0.25, 0.3) is 0 Å². The zero-order valence-electron chi connectivity index (χ0n) is 8.99. The maximum atomic E-state index is 11.4. The molecule has 0 radical (unpaired) electrons. The molecule has 0 unspecified atom stereocenters. The van der Waals surface area contributed by atoms with E-state index in [1.807, 2.05) is 13.0 Å². The van der Waals surface area contributed by atoms with Gasteiger partial charge in [0.15, 0.2) is 0 Å². The van der Waals surface area contributed by atoms with Crippen LogP contribution in [0.2, 0.25) is 0 Å². The molecular weight excluding hydrogens is 192 g/mol. The Morgan fingerprint density at radius 1 is 1.53 bits per heavy atom. The van der Waals surface area contributed by atoms with Crippen molar-refractivity contribution in [3.8, 4) is 0 Å². The number of rotatable bonds is 2. The summed E-state index contributed by atoms with van der Waals surface area (Å²) in [7, 11) is 0. The van der Waals surface area contributed by atoms with Gasteiger partial charge < -0.3 is 4.74 Å². The minimum atomic E-state index is -0.493. The molecule has 3 heteroatoms. The second-order valence-corrected chi connectivity index (χ2v) is 4.39. The second kappa shape index (κ2) is 3.80. The van der Waals surface area contributed by atoms with Gasteiger partial charge in [-0.05, 0) is 25.3 Å². The van der Waals surface area contributed by atoms with Gasteiger partial charge in [0, 0.05) is 24.8 Å². The van der Waals surface area contributed by atoms with E-state index in [0.717, 1.165) is 19.3 Å². The van der Waals surface area contributed by atoms with Crippen LogP contribution in [0.3, 0.4) is 0 Å². The summed E-state index contributed by atoms with van der Waals surface area (Å²) in [5.74, 6) is 0.219. The summed E-state index contributed by atoms with van der Waals surface area (Å²) >= 11 is 0. The van der Waals surface area contributed by atoms with Crippen LogP contribution in [0.25, 0.3) is 0 Å². The fraction of sp³-hybridized carbons (Fsp3) is 0.667. The molecule has 2 aliphatic rings. The lowest BCUT2D eigenvalue weighted by Crippen LogP contribution is -2.39. The number of esters is 1. The maximum absolute atomic E-state index is 11.4. The molecule has 0 aromatic carbocycles. The highest BCUT2D eigenvalue weighted by molar-refractivity contribution is 5.85. The first kappa shape index (κ1) is 10.4. The Morgan fingerprint density at radius 2 is 2.33 bits per heavy atom. The van der Waals surface area contributed by atoms with E-state index in [1.165, 1.54) is 6.08 Å². The quantitative estimate of drug-likeness (QED) is 0.652. The van der Waals surface area contributed by atoms with Crippen LogP contribution in [0.5, 0.6) is 0 Å². The molecule has 0 amide bonds. The normalized spacial score (nSPS) is 35.7. The standard InChI is InChI=1S/C12H16O3/c1-2-12(7-6-11(14)15-12)9-4-3-5-10(13)8-9/h6-7,9H,2-5,8H2,1H3/t9-,12+/m1/s1. The predicted molar refractivity (Wildman–Crippen MR) is 55.2 cm³/mol.